The lowest BCUT2D eigenvalue weighted by Crippen LogP contribution is -2.53. The summed E-state index contributed by atoms with van der Waals surface area (Å²) < 4.78 is 11.3. The maximum atomic E-state index is 10.3. The monoisotopic (exact) mass is 338 g/mol. The molecule has 7 nitrogen and oxygen atoms in total. The van der Waals surface area contributed by atoms with Crippen molar-refractivity contribution in [2.45, 2.75) is 65.0 Å². The van der Waals surface area contributed by atoms with Crippen LogP contribution >= 0.6 is 0 Å². The van der Waals surface area contributed by atoms with Gasteiger partial charge in [0.25, 0.3) is 0 Å². The standard InChI is InChI=1S/C17H30N4O3/c1-11(2)16(18)17(22)21-9-7-13(8-10-21)24-15-6-5-14(19-20-15)23-12(3)4/h5-6,11-13,16-17,22H,7-10,18H2,1-4H3/t16-,17?/m0/s1. The molecule has 1 fully saturated rings. The van der Waals surface area contributed by atoms with E-state index >= 15 is 0 Å². The summed E-state index contributed by atoms with van der Waals surface area (Å²) in [4.78, 5) is 2.02. The molecular weight excluding hydrogens is 308 g/mol. The van der Waals surface area contributed by atoms with E-state index in [1.165, 1.54) is 0 Å². The summed E-state index contributed by atoms with van der Waals surface area (Å²) in [6.45, 7) is 9.45. The van der Waals surface area contributed by atoms with E-state index in [2.05, 4.69) is 10.2 Å². The minimum atomic E-state index is -0.599. The number of aliphatic hydroxyl groups is 1. The number of aromatic nitrogens is 2. The van der Waals surface area contributed by atoms with Crippen LogP contribution in [-0.2, 0) is 0 Å². The van der Waals surface area contributed by atoms with Crippen LogP contribution in [0, 0.1) is 5.92 Å². The smallest absolute Gasteiger partial charge is 0.233 e. The molecule has 2 atom stereocenters. The van der Waals surface area contributed by atoms with Crippen LogP contribution in [0.5, 0.6) is 11.8 Å². The SMILES string of the molecule is CC(C)Oc1ccc(OC2CCN(C(O)[C@@H](N)C(C)C)CC2)nn1. The molecule has 2 rings (SSSR count). The normalized spacial score (nSPS) is 19.5. The van der Waals surface area contributed by atoms with E-state index < -0.39 is 6.23 Å². The summed E-state index contributed by atoms with van der Waals surface area (Å²) in [5.74, 6) is 1.25. The highest BCUT2D eigenvalue weighted by atomic mass is 16.5. The van der Waals surface area contributed by atoms with E-state index in [4.69, 9.17) is 15.2 Å². The molecule has 1 aliphatic heterocycles. The molecule has 0 radical (unpaired) electrons. The van der Waals surface area contributed by atoms with E-state index in [0.29, 0.717) is 11.8 Å². The Morgan fingerprint density at radius 2 is 1.71 bits per heavy atom. The molecule has 7 heteroatoms. The van der Waals surface area contributed by atoms with Crippen LogP contribution in [0.1, 0.15) is 40.5 Å². The highest BCUT2D eigenvalue weighted by molar-refractivity contribution is 5.15. The van der Waals surface area contributed by atoms with Crippen LogP contribution < -0.4 is 15.2 Å². The van der Waals surface area contributed by atoms with E-state index in [-0.39, 0.29) is 24.2 Å². The molecule has 1 aliphatic rings. The Morgan fingerprint density at radius 3 is 2.21 bits per heavy atom. The molecule has 1 saturated heterocycles. The molecule has 0 aromatic carbocycles. The van der Waals surface area contributed by atoms with E-state index in [1.54, 1.807) is 12.1 Å². The van der Waals surface area contributed by atoms with Crippen molar-refractivity contribution in [2.75, 3.05) is 13.1 Å². The number of aliphatic hydroxyl groups excluding tert-OH is 1. The van der Waals surface area contributed by atoms with Gasteiger partial charge in [0, 0.05) is 31.3 Å². The Labute approximate surface area is 144 Å². The summed E-state index contributed by atoms with van der Waals surface area (Å²) in [5, 5.41) is 18.4. The molecule has 0 bridgehead atoms. The van der Waals surface area contributed by atoms with Gasteiger partial charge in [0.15, 0.2) is 0 Å². The molecule has 1 unspecified atom stereocenters. The van der Waals surface area contributed by atoms with Crippen molar-refractivity contribution in [2.24, 2.45) is 11.7 Å². The zero-order valence-electron chi connectivity index (χ0n) is 15.1. The lowest BCUT2D eigenvalue weighted by Gasteiger charge is -2.38. The average Bonchev–Trinajstić information content (AvgIpc) is 2.55. The van der Waals surface area contributed by atoms with Gasteiger partial charge in [0.05, 0.1) is 6.10 Å². The van der Waals surface area contributed by atoms with Gasteiger partial charge in [-0.2, -0.15) is 0 Å². The lowest BCUT2D eigenvalue weighted by molar-refractivity contribution is -0.0506. The number of piperidine rings is 1. The zero-order valence-corrected chi connectivity index (χ0v) is 15.1. The predicted octanol–water partition coefficient (Wildman–Crippen LogP) is 1.41. The zero-order chi connectivity index (χ0) is 17.7. The van der Waals surface area contributed by atoms with Crippen LogP contribution in [-0.4, -0.2) is 57.8 Å². The van der Waals surface area contributed by atoms with Gasteiger partial charge >= 0.3 is 0 Å². The first-order valence-electron chi connectivity index (χ1n) is 8.71. The molecule has 0 spiro atoms. The number of nitrogens with zero attached hydrogens (tertiary/aromatic N) is 3. The Balaban J connectivity index is 1.80. The van der Waals surface area contributed by atoms with Crippen LogP contribution in [0.25, 0.3) is 0 Å². The third kappa shape index (κ3) is 5.29. The third-order valence-electron chi connectivity index (χ3n) is 4.22. The first-order chi connectivity index (χ1) is 11.4. The summed E-state index contributed by atoms with van der Waals surface area (Å²) in [6.07, 6.45) is 1.20. The van der Waals surface area contributed by atoms with Crippen LogP contribution in [0.2, 0.25) is 0 Å². The molecule has 2 heterocycles. The van der Waals surface area contributed by atoms with Gasteiger partial charge in [-0.1, -0.05) is 13.8 Å². The molecule has 0 saturated carbocycles. The first-order valence-corrected chi connectivity index (χ1v) is 8.71. The highest BCUT2D eigenvalue weighted by Gasteiger charge is 2.29. The van der Waals surface area contributed by atoms with Crippen molar-refractivity contribution in [3.63, 3.8) is 0 Å². The fraction of sp³-hybridized carbons (Fsp3) is 0.765. The topological polar surface area (TPSA) is 93.7 Å². The van der Waals surface area contributed by atoms with Crippen molar-refractivity contribution >= 4 is 0 Å². The van der Waals surface area contributed by atoms with Gasteiger partial charge in [-0.15, -0.1) is 10.2 Å². The molecule has 1 aromatic heterocycles. The second-order valence-corrected chi connectivity index (χ2v) is 6.96. The van der Waals surface area contributed by atoms with Gasteiger partial charge in [-0.05, 0) is 32.6 Å². The van der Waals surface area contributed by atoms with Crippen LogP contribution in [0.15, 0.2) is 12.1 Å². The third-order valence-corrected chi connectivity index (χ3v) is 4.22. The lowest BCUT2D eigenvalue weighted by atomic mass is 10.0. The number of hydrogen-bond acceptors (Lipinski definition) is 7. The number of ether oxygens (including phenoxy) is 2. The number of nitrogens with two attached hydrogens (primary N) is 1. The van der Waals surface area contributed by atoms with Crippen molar-refractivity contribution in [3.05, 3.63) is 12.1 Å². The summed E-state index contributed by atoms with van der Waals surface area (Å²) in [5.41, 5.74) is 6.04. The average molecular weight is 338 g/mol. The van der Waals surface area contributed by atoms with E-state index in [0.717, 1.165) is 25.9 Å². The fourth-order valence-electron chi connectivity index (χ4n) is 2.69. The number of likely N-dealkylation sites (tertiary alicyclic amines) is 1. The second-order valence-electron chi connectivity index (χ2n) is 6.96. The fourth-order valence-corrected chi connectivity index (χ4v) is 2.69. The summed E-state index contributed by atoms with van der Waals surface area (Å²) >= 11 is 0. The van der Waals surface area contributed by atoms with Gasteiger partial charge in [0.1, 0.15) is 12.3 Å². The Kier molecular flexibility index (Phi) is 6.77. The largest absolute Gasteiger partial charge is 0.474 e. The highest BCUT2D eigenvalue weighted by Crippen LogP contribution is 2.20. The molecule has 0 aliphatic carbocycles. The van der Waals surface area contributed by atoms with E-state index in [1.807, 2.05) is 32.6 Å². The first kappa shape index (κ1) is 18.9. The minimum absolute atomic E-state index is 0.0685. The predicted molar refractivity (Wildman–Crippen MR) is 91.8 cm³/mol. The molecular formula is C17H30N4O3. The van der Waals surface area contributed by atoms with Gasteiger partial charge in [-0.3, -0.25) is 4.90 Å². The molecule has 3 N–H and O–H groups in total. The Morgan fingerprint density at radius 1 is 1.12 bits per heavy atom. The minimum Gasteiger partial charge on any atom is -0.474 e. The van der Waals surface area contributed by atoms with Crippen LogP contribution in [0.4, 0.5) is 0 Å². The van der Waals surface area contributed by atoms with E-state index in [9.17, 15) is 5.11 Å². The second kappa shape index (κ2) is 8.60. The molecule has 0 amide bonds. The van der Waals surface area contributed by atoms with Gasteiger partial charge < -0.3 is 20.3 Å². The van der Waals surface area contributed by atoms with Crippen molar-refractivity contribution in [1.29, 1.82) is 0 Å². The Hall–Kier alpha value is -1.44. The molecule has 1 aromatic rings. The quantitative estimate of drug-likeness (QED) is 0.776. The maximum absolute atomic E-state index is 10.3. The van der Waals surface area contributed by atoms with Crippen molar-refractivity contribution < 1.29 is 14.6 Å². The summed E-state index contributed by atoms with van der Waals surface area (Å²) in [7, 11) is 0. The maximum Gasteiger partial charge on any atom is 0.233 e. The van der Waals surface area contributed by atoms with Gasteiger partial charge in [0.2, 0.25) is 11.8 Å². The van der Waals surface area contributed by atoms with Crippen molar-refractivity contribution in [3.8, 4) is 11.8 Å². The molecule has 136 valence electrons. The Bertz CT molecular complexity index is 487. The van der Waals surface area contributed by atoms with Crippen LogP contribution in [0.3, 0.4) is 0 Å². The van der Waals surface area contributed by atoms with Gasteiger partial charge in [-0.25, -0.2) is 0 Å². The number of hydrogen-bond donors (Lipinski definition) is 2. The summed E-state index contributed by atoms with van der Waals surface area (Å²) in [6, 6.07) is 3.31. The van der Waals surface area contributed by atoms with Crippen molar-refractivity contribution in [1.82, 2.24) is 15.1 Å². The molecule has 24 heavy (non-hydrogen) atoms. The number of rotatable bonds is 7.